The van der Waals surface area contributed by atoms with Gasteiger partial charge in [-0.25, -0.2) is 0 Å². The Hall–Kier alpha value is -2.06. The highest BCUT2D eigenvalue weighted by Crippen LogP contribution is 2.39. The Morgan fingerprint density at radius 1 is 0.650 bits per heavy atom. The molecule has 0 N–H and O–H groups in total. The Morgan fingerprint density at radius 2 is 1.35 bits per heavy atom. The minimum absolute atomic E-state index is 1.13. The molecule has 2 heteroatoms. The quantitative estimate of drug-likeness (QED) is 0.350. The number of hydrogen-bond donors (Lipinski definition) is 0. The lowest BCUT2D eigenvalue weighted by Crippen LogP contribution is -1.79. The van der Waals surface area contributed by atoms with Crippen molar-refractivity contribution in [3.05, 3.63) is 65.1 Å². The third-order valence-corrected chi connectivity index (χ3v) is 4.68. The number of para-hydroxylation sites is 2. The van der Waals surface area contributed by atoms with Gasteiger partial charge in [0.15, 0.2) is 0 Å². The second kappa shape index (κ2) is 3.53. The first-order valence-electron chi connectivity index (χ1n) is 6.67. The van der Waals surface area contributed by atoms with Gasteiger partial charge in [-0.05, 0) is 24.3 Å². The van der Waals surface area contributed by atoms with E-state index >= 15 is 0 Å². The zero-order valence-corrected chi connectivity index (χ0v) is 12.2. The van der Waals surface area contributed by atoms with E-state index in [-0.39, 0.29) is 0 Å². The van der Waals surface area contributed by atoms with Crippen LogP contribution in [0.3, 0.4) is 0 Å². The average molecular weight is 320 g/mol. The van der Waals surface area contributed by atoms with Crippen LogP contribution >= 0.6 is 15.9 Å². The van der Waals surface area contributed by atoms with Gasteiger partial charge in [0.1, 0.15) is 0 Å². The van der Waals surface area contributed by atoms with Gasteiger partial charge in [-0.1, -0.05) is 52.3 Å². The molecule has 0 saturated heterocycles. The van der Waals surface area contributed by atoms with Crippen molar-refractivity contribution in [1.82, 2.24) is 4.40 Å². The van der Waals surface area contributed by atoms with Crippen molar-refractivity contribution in [2.45, 2.75) is 0 Å². The monoisotopic (exact) mass is 319 g/mol. The highest BCUT2D eigenvalue weighted by molar-refractivity contribution is 9.10. The lowest BCUT2D eigenvalue weighted by molar-refractivity contribution is 1.37. The summed E-state index contributed by atoms with van der Waals surface area (Å²) in [7, 11) is 0. The van der Waals surface area contributed by atoms with Crippen molar-refractivity contribution in [3.63, 3.8) is 0 Å². The zero-order chi connectivity index (χ0) is 13.3. The van der Waals surface area contributed by atoms with Crippen LogP contribution in [0.5, 0.6) is 0 Å². The highest BCUT2D eigenvalue weighted by Gasteiger charge is 2.16. The van der Waals surface area contributed by atoms with Crippen LogP contribution in [0.2, 0.25) is 0 Å². The summed E-state index contributed by atoms with van der Waals surface area (Å²) in [6.07, 6.45) is 0. The minimum atomic E-state index is 1.13. The predicted molar refractivity (Wildman–Crippen MR) is 88.8 cm³/mol. The smallest absolute Gasteiger partial charge is 0.0620 e. The molecule has 0 aliphatic carbocycles. The van der Waals surface area contributed by atoms with E-state index in [1.165, 1.54) is 38.1 Å². The van der Waals surface area contributed by atoms with E-state index in [0.717, 1.165) is 4.47 Å². The van der Waals surface area contributed by atoms with Crippen molar-refractivity contribution in [3.8, 4) is 0 Å². The SMILES string of the molecule is Brc1ccc2c(c1)c1cccc3c4ccccc4n2c31. The van der Waals surface area contributed by atoms with Crippen LogP contribution in [0.4, 0.5) is 0 Å². The molecule has 3 aromatic carbocycles. The normalized spacial score (nSPS) is 12.2. The second-order valence-electron chi connectivity index (χ2n) is 5.22. The summed E-state index contributed by atoms with van der Waals surface area (Å²) in [5.41, 5.74) is 3.90. The van der Waals surface area contributed by atoms with Crippen LogP contribution in [0, 0.1) is 0 Å². The molecule has 0 aliphatic heterocycles. The first-order valence-corrected chi connectivity index (χ1v) is 7.46. The highest BCUT2D eigenvalue weighted by atomic mass is 79.9. The largest absolute Gasteiger partial charge is 0.308 e. The van der Waals surface area contributed by atoms with Crippen LogP contribution in [-0.4, -0.2) is 4.40 Å². The summed E-state index contributed by atoms with van der Waals surface area (Å²) in [6, 6.07) is 21.8. The molecule has 2 aromatic heterocycles. The first kappa shape index (κ1) is 10.7. The van der Waals surface area contributed by atoms with E-state index in [2.05, 4.69) is 81.0 Å². The van der Waals surface area contributed by atoms with Crippen LogP contribution in [0.15, 0.2) is 65.1 Å². The molecule has 0 unspecified atom stereocenters. The molecule has 1 nitrogen and oxygen atoms in total. The number of benzene rings is 3. The predicted octanol–water partition coefficient (Wildman–Crippen LogP) is 5.60. The molecule has 94 valence electrons. The lowest BCUT2D eigenvalue weighted by Gasteiger charge is -1.97. The van der Waals surface area contributed by atoms with Crippen molar-refractivity contribution < 1.29 is 0 Å². The molecule has 0 spiro atoms. The van der Waals surface area contributed by atoms with Crippen LogP contribution in [0.1, 0.15) is 0 Å². The number of fused-ring (bicyclic) bond motifs is 6. The Balaban J connectivity index is 2.27. The third-order valence-electron chi connectivity index (χ3n) is 4.18. The maximum absolute atomic E-state index is 3.59. The van der Waals surface area contributed by atoms with Crippen molar-refractivity contribution >= 4 is 54.0 Å². The Labute approximate surface area is 123 Å². The summed E-state index contributed by atoms with van der Waals surface area (Å²) < 4.78 is 3.52. The lowest BCUT2D eigenvalue weighted by atomic mass is 10.1. The van der Waals surface area contributed by atoms with Crippen molar-refractivity contribution in [2.75, 3.05) is 0 Å². The van der Waals surface area contributed by atoms with Gasteiger partial charge in [-0.2, -0.15) is 0 Å². The van der Waals surface area contributed by atoms with Crippen LogP contribution in [-0.2, 0) is 0 Å². The Bertz CT molecular complexity index is 1100. The number of nitrogens with zero attached hydrogens (tertiary/aromatic N) is 1. The molecule has 5 aromatic rings. The van der Waals surface area contributed by atoms with Gasteiger partial charge in [-0.15, -0.1) is 0 Å². The molecular weight excluding hydrogens is 310 g/mol. The molecule has 0 saturated carbocycles. The summed E-state index contributed by atoms with van der Waals surface area (Å²) in [4.78, 5) is 0. The number of halogens is 1. The number of aromatic nitrogens is 1. The molecule has 20 heavy (non-hydrogen) atoms. The molecular formula is C18H10BrN. The van der Waals surface area contributed by atoms with Gasteiger partial charge in [0.05, 0.1) is 16.6 Å². The summed E-state index contributed by atoms with van der Waals surface area (Å²) in [6.45, 7) is 0. The molecule has 2 heterocycles. The van der Waals surface area contributed by atoms with Crippen LogP contribution < -0.4 is 0 Å². The van der Waals surface area contributed by atoms with Crippen LogP contribution in [0.25, 0.3) is 38.1 Å². The summed E-state index contributed by atoms with van der Waals surface area (Å²) >= 11 is 3.59. The average Bonchev–Trinajstić information content (AvgIpc) is 2.98. The summed E-state index contributed by atoms with van der Waals surface area (Å²) in [5, 5.41) is 5.31. The number of rotatable bonds is 0. The van der Waals surface area contributed by atoms with Gasteiger partial charge in [-0.3, -0.25) is 0 Å². The Kier molecular flexibility index (Phi) is 1.89. The van der Waals surface area contributed by atoms with Gasteiger partial charge < -0.3 is 4.40 Å². The van der Waals surface area contributed by atoms with E-state index in [9.17, 15) is 0 Å². The molecule has 0 atom stereocenters. The van der Waals surface area contributed by atoms with E-state index in [0.29, 0.717) is 0 Å². The second-order valence-corrected chi connectivity index (χ2v) is 6.13. The fourth-order valence-electron chi connectivity index (χ4n) is 3.41. The zero-order valence-electron chi connectivity index (χ0n) is 10.6. The van der Waals surface area contributed by atoms with Crippen molar-refractivity contribution in [1.29, 1.82) is 0 Å². The minimum Gasteiger partial charge on any atom is -0.308 e. The van der Waals surface area contributed by atoms with E-state index in [1.54, 1.807) is 0 Å². The van der Waals surface area contributed by atoms with E-state index in [1.807, 2.05) is 0 Å². The third kappa shape index (κ3) is 1.14. The topological polar surface area (TPSA) is 4.41 Å². The maximum Gasteiger partial charge on any atom is 0.0620 e. The standard InChI is InChI=1S/C18H10BrN/c19-11-8-9-17-15(10-11)14-6-3-5-13-12-4-1-2-7-16(12)20(17)18(13)14/h1-10H. The van der Waals surface area contributed by atoms with Crippen molar-refractivity contribution in [2.24, 2.45) is 0 Å². The first-order chi connectivity index (χ1) is 9.84. The van der Waals surface area contributed by atoms with E-state index in [4.69, 9.17) is 0 Å². The van der Waals surface area contributed by atoms with Gasteiger partial charge in [0, 0.05) is 26.0 Å². The molecule has 0 radical (unpaired) electrons. The molecule has 0 bridgehead atoms. The van der Waals surface area contributed by atoms with E-state index < -0.39 is 0 Å². The molecule has 0 amide bonds. The van der Waals surface area contributed by atoms with Gasteiger partial charge in [0.25, 0.3) is 0 Å². The molecule has 0 fully saturated rings. The Morgan fingerprint density at radius 3 is 2.25 bits per heavy atom. The van der Waals surface area contributed by atoms with Gasteiger partial charge in [0.2, 0.25) is 0 Å². The summed E-state index contributed by atoms with van der Waals surface area (Å²) in [5.74, 6) is 0. The fraction of sp³-hybridized carbons (Fsp3) is 0. The number of hydrogen-bond acceptors (Lipinski definition) is 0. The maximum atomic E-state index is 3.59. The molecule has 0 aliphatic rings. The van der Waals surface area contributed by atoms with Gasteiger partial charge >= 0.3 is 0 Å². The molecule has 5 rings (SSSR count). The fourth-order valence-corrected chi connectivity index (χ4v) is 3.77.